The van der Waals surface area contributed by atoms with E-state index in [-0.39, 0.29) is 18.0 Å². The predicted molar refractivity (Wildman–Crippen MR) is 78.6 cm³/mol. The molecular formula is C17H23FO4. The van der Waals surface area contributed by atoms with E-state index < -0.39 is 6.29 Å². The maximum absolute atomic E-state index is 12.9. The molecule has 122 valence electrons. The second kappa shape index (κ2) is 7.51. The first-order chi connectivity index (χ1) is 10.8. The Labute approximate surface area is 130 Å². The Morgan fingerprint density at radius 3 is 2.18 bits per heavy atom. The summed E-state index contributed by atoms with van der Waals surface area (Å²) in [6, 6.07) is 6.19. The first kappa shape index (κ1) is 15.9. The zero-order valence-electron chi connectivity index (χ0n) is 12.9. The normalized spacial score (nSPS) is 32.8. The molecule has 2 aliphatic heterocycles. The molecule has 0 radical (unpaired) electrons. The van der Waals surface area contributed by atoms with Crippen molar-refractivity contribution in [3.05, 3.63) is 35.6 Å². The van der Waals surface area contributed by atoms with Crippen molar-refractivity contribution in [2.75, 3.05) is 26.4 Å². The van der Waals surface area contributed by atoms with E-state index >= 15 is 0 Å². The van der Waals surface area contributed by atoms with Crippen molar-refractivity contribution in [1.82, 2.24) is 0 Å². The molecule has 22 heavy (non-hydrogen) atoms. The van der Waals surface area contributed by atoms with E-state index in [1.807, 2.05) is 0 Å². The monoisotopic (exact) mass is 310 g/mol. The number of hydrogen-bond donors (Lipinski definition) is 0. The number of ether oxygens (including phenoxy) is 4. The van der Waals surface area contributed by atoms with Gasteiger partial charge in [-0.05, 0) is 18.6 Å². The van der Waals surface area contributed by atoms with E-state index in [9.17, 15) is 4.39 Å². The van der Waals surface area contributed by atoms with Gasteiger partial charge in [0.1, 0.15) is 5.82 Å². The SMILES string of the molecule is CCC[C@H]1CO[C@H]([C@H]2CO[C@H](c3ccc(F)cc3)OC2)OC1. The molecule has 0 aliphatic carbocycles. The van der Waals surface area contributed by atoms with Crippen LogP contribution >= 0.6 is 0 Å². The molecule has 2 heterocycles. The molecule has 0 N–H and O–H groups in total. The average Bonchev–Trinajstić information content (AvgIpc) is 2.57. The molecule has 0 amide bonds. The zero-order chi connectivity index (χ0) is 15.4. The Morgan fingerprint density at radius 2 is 1.59 bits per heavy atom. The van der Waals surface area contributed by atoms with Crippen molar-refractivity contribution in [3.63, 3.8) is 0 Å². The minimum atomic E-state index is -0.437. The molecule has 1 aromatic carbocycles. The minimum Gasteiger partial charge on any atom is -0.352 e. The Hall–Kier alpha value is -1.01. The summed E-state index contributed by atoms with van der Waals surface area (Å²) < 4.78 is 36.0. The van der Waals surface area contributed by atoms with Crippen LogP contribution < -0.4 is 0 Å². The van der Waals surface area contributed by atoms with E-state index in [2.05, 4.69) is 6.92 Å². The van der Waals surface area contributed by atoms with Gasteiger partial charge in [0.2, 0.25) is 0 Å². The van der Waals surface area contributed by atoms with Gasteiger partial charge in [0.05, 0.1) is 32.3 Å². The lowest BCUT2D eigenvalue weighted by molar-refractivity contribution is -0.283. The summed E-state index contributed by atoms with van der Waals surface area (Å²) in [5.41, 5.74) is 0.827. The number of hydrogen-bond acceptors (Lipinski definition) is 4. The van der Waals surface area contributed by atoms with E-state index in [1.165, 1.54) is 12.1 Å². The highest BCUT2D eigenvalue weighted by atomic mass is 19.1. The van der Waals surface area contributed by atoms with Gasteiger partial charge in [-0.25, -0.2) is 4.39 Å². The molecule has 3 rings (SSSR count). The van der Waals surface area contributed by atoms with Crippen LogP contribution in [-0.2, 0) is 18.9 Å². The van der Waals surface area contributed by atoms with Gasteiger partial charge in [0.25, 0.3) is 0 Å². The fraction of sp³-hybridized carbons (Fsp3) is 0.647. The van der Waals surface area contributed by atoms with Gasteiger partial charge in [-0.1, -0.05) is 25.5 Å². The highest BCUT2D eigenvalue weighted by Crippen LogP contribution is 2.29. The van der Waals surface area contributed by atoms with Crippen LogP contribution in [0.1, 0.15) is 31.6 Å². The van der Waals surface area contributed by atoms with Crippen LogP contribution in [0.2, 0.25) is 0 Å². The Morgan fingerprint density at radius 1 is 0.955 bits per heavy atom. The van der Waals surface area contributed by atoms with Gasteiger partial charge in [-0.2, -0.15) is 0 Å². The summed E-state index contributed by atoms with van der Waals surface area (Å²) >= 11 is 0. The Kier molecular flexibility index (Phi) is 5.41. The highest BCUT2D eigenvalue weighted by Gasteiger charge is 2.33. The molecule has 0 bridgehead atoms. The molecule has 2 saturated heterocycles. The predicted octanol–water partition coefficient (Wildman–Crippen LogP) is 3.28. The second-order valence-electron chi connectivity index (χ2n) is 6.00. The van der Waals surface area contributed by atoms with Crippen LogP contribution in [0.3, 0.4) is 0 Å². The maximum atomic E-state index is 12.9. The van der Waals surface area contributed by atoms with Crippen molar-refractivity contribution in [1.29, 1.82) is 0 Å². The summed E-state index contributed by atoms with van der Waals surface area (Å²) in [5, 5.41) is 0. The zero-order valence-corrected chi connectivity index (χ0v) is 12.9. The Balaban J connectivity index is 1.47. The topological polar surface area (TPSA) is 36.9 Å². The molecule has 0 unspecified atom stereocenters. The first-order valence-corrected chi connectivity index (χ1v) is 7.98. The van der Waals surface area contributed by atoms with E-state index in [4.69, 9.17) is 18.9 Å². The summed E-state index contributed by atoms with van der Waals surface area (Å²) in [7, 11) is 0. The molecule has 2 fully saturated rings. The Bertz CT molecular complexity index is 448. The number of halogens is 1. The summed E-state index contributed by atoms with van der Waals surface area (Å²) in [6.45, 7) is 4.70. The molecule has 0 spiro atoms. The average molecular weight is 310 g/mol. The summed E-state index contributed by atoms with van der Waals surface area (Å²) in [6.07, 6.45) is 1.60. The van der Waals surface area contributed by atoms with Crippen molar-refractivity contribution in [3.8, 4) is 0 Å². The molecule has 0 atom stereocenters. The molecule has 4 nitrogen and oxygen atoms in total. The van der Waals surface area contributed by atoms with Crippen molar-refractivity contribution in [2.24, 2.45) is 11.8 Å². The van der Waals surface area contributed by atoms with Gasteiger partial charge in [0.15, 0.2) is 12.6 Å². The van der Waals surface area contributed by atoms with Gasteiger partial charge >= 0.3 is 0 Å². The third-order valence-electron chi connectivity index (χ3n) is 4.14. The van der Waals surface area contributed by atoms with Gasteiger partial charge < -0.3 is 18.9 Å². The van der Waals surface area contributed by atoms with Gasteiger partial charge in [-0.15, -0.1) is 0 Å². The van der Waals surface area contributed by atoms with E-state index in [0.29, 0.717) is 19.1 Å². The smallest absolute Gasteiger partial charge is 0.183 e. The quantitative estimate of drug-likeness (QED) is 0.855. The lowest BCUT2D eigenvalue weighted by Crippen LogP contribution is -2.43. The van der Waals surface area contributed by atoms with Crippen molar-refractivity contribution >= 4 is 0 Å². The molecule has 0 saturated carbocycles. The lowest BCUT2D eigenvalue weighted by atomic mass is 10.0. The third kappa shape index (κ3) is 3.84. The molecule has 5 heteroatoms. The maximum Gasteiger partial charge on any atom is 0.183 e. The number of rotatable bonds is 4. The van der Waals surface area contributed by atoms with Gasteiger partial charge in [-0.3, -0.25) is 0 Å². The fourth-order valence-electron chi connectivity index (χ4n) is 2.89. The second-order valence-corrected chi connectivity index (χ2v) is 6.00. The van der Waals surface area contributed by atoms with Crippen LogP contribution in [0.25, 0.3) is 0 Å². The first-order valence-electron chi connectivity index (χ1n) is 7.98. The van der Waals surface area contributed by atoms with Crippen LogP contribution in [-0.4, -0.2) is 32.7 Å². The summed E-state index contributed by atoms with van der Waals surface area (Å²) in [5.74, 6) is 0.320. The molecule has 1 aromatic rings. The van der Waals surface area contributed by atoms with Crippen molar-refractivity contribution < 1.29 is 23.3 Å². The molecular weight excluding hydrogens is 287 g/mol. The van der Waals surface area contributed by atoms with Crippen LogP contribution in [0.5, 0.6) is 0 Å². The fourth-order valence-corrected chi connectivity index (χ4v) is 2.89. The standard InChI is InChI=1S/C17H23FO4/c1-2-3-12-8-19-17(20-9-12)14-10-21-16(22-11-14)13-4-6-15(18)7-5-13/h4-7,12,14,16-17H,2-3,8-11H2,1H3/t12-,14-,16-,17-. The lowest BCUT2D eigenvalue weighted by Gasteiger charge is -2.37. The van der Waals surface area contributed by atoms with Crippen LogP contribution in [0.4, 0.5) is 4.39 Å². The minimum absolute atomic E-state index is 0.0827. The van der Waals surface area contributed by atoms with Crippen LogP contribution in [0.15, 0.2) is 24.3 Å². The number of benzene rings is 1. The van der Waals surface area contributed by atoms with E-state index in [1.54, 1.807) is 12.1 Å². The summed E-state index contributed by atoms with van der Waals surface area (Å²) in [4.78, 5) is 0. The van der Waals surface area contributed by atoms with Crippen molar-refractivity contribution in [2.45, 2.75) is 32.3 Å². The molecule has 2 aliphatic rings. The molecule has 0 aromatic heterocycles. The van der Waals surface area contributed by atoms with Crippen LogP contribution in [0, 0.1) is 17.7 Å². The third-order valence-corrected chi connectivity index (χ3v) is 4.14. The highest BCUT2D eigenvalue weighted by molar-refractivity contribution is 5.17. The van der Waals surface area contributed by atoms with Gasteiger partial charge in [0, 0.05) is 11.5 Å². The largest absolute Gasteiger partial charge is 0.352 e. The van der Waals surface area contributed by atoms with E-state index in [0.717, 1.165) is 31.6 Å².